The average Bonchev–Trinajstić information content (AvgIpc) is 2.92. The van der Waals surface area contributed by atoms with Crippen LogP contribution in [0.3, 0.4) is 0 Å². The molecule has 19 heavy (non-hydrogen) atoms. The molecule has 0 saturated carbocycles. The normalized spacial score (nSPS) is 20.2. The Balaban J connectivity index is 2.31. The van der Waals surface area contributed by atoms with Crippen LogP contribution in [0.4, 0.5) is 0 Å². The first-order chi connectivity index (χ1) is 8.98. The van der Waals surface area contributed by atoms with E-state index in [2.05, 4.69) is 9.55 Å². The molecule has 0 bridgehead atoms. The highest BCUT2D eigenvalue weighted by molar-refractivity contribution is 7.99. The fourth-order valence-corrected chi connectivity index (χ4v) is 4.91. The third kappa shape index (κ3) is 2.23. The molecule has 0 spiro atoms. The molecule has 1 saturated heterocycles. The highest BCUT2D eigenvalue weighted by Gasteiger charge is 2.22. The molecule has 0 amide bonds. The molecule has 4 nitrogen and oxygen atoms in total. The standard InChI is InChI=1S/C12H14N2O2S3/c1-19(15,16)10-4-2-3-9-11(10)13-12(17)14(9)8-5-6-18-7-8/h2-4,8H,5-7H2,1H3,(H,13,17). The monoisotopic (exact) mass is 314 g/mol. The fraction of sp³-hybridized carbons (Fsp3) is 0.417. The van der Waals surface area contributed by atoms with E-state index in [1.165, 1.54) is 6.26 Å². The molecule has 1 N–H and O–H groups in total. The number of benzene rings is 1. The Kier molecular flexibility index (Phi) is 3.23. The van der Waals surface area contributed by atoms with Gasteiger partial charge in [0.2, 0.25) is 0 Å². The largest absolute Gasteiger partial charge is 0.329 e. The van der Waals surface area contributed by atoms with Crippen molar-refractivity contribution in [2.75, 3.05) is 17.8 Å². The Morgan fingerprint density at radius 2 is 2.26 bits per heavy atom. The second-order valence-electron chi connectivity index (χ2n) is 4.74. The van der Waals surface area contributed by atoms with Gasteiger partial charge >= 0.3 is 0 Å². The maximum atomic E-state index is 11.8. The number of rotatable bonds is 2. The van der Waals surface area contributed by atoms with Crippen molar-refractivity contribution in [3.8, 4) is 0 Å². The lowest BCUT2D eigenvalue weighted by atomic mass is 10.2. The minimum absolute atomic E-state index is 0.320. The zero-order chi connectivity index (χ0) is 13.6. The van der Waals surface area contributed by atoms with Gasteiger partial charge in [-0.3, -0.25) is 0 Å². The molecule has 1 unspecified atom stereocenters. The van der Waals surface area contributed by atoms with E-state index in [9.17, 15) is 8.42 Å². The van der Waals surface area contributed by atoms with Gasteiger partial charge in [-0.1, -0.05) is 6.07 Å². The van der Waals surface area contributed by atoms with E-state index < -0.39 is 9.84 Å². The predicted molar refractivity (Wildman–Crippen MR) is 81.2 cm³/mol. The van der Waals surface area contributed by atoms with Crippen LogP contribution in [-0.4, -0.2) is 35.7 Å². The Bertz CT molecular complexity index is 783. The number of aromatic amines is 1. The predicted octanol–water partition coefficient (Wildman–Crippen LogP) is 2.78. The van der Waals surface area contributed by atoms with Gasteiger partial charge in [-0.05, 0) is 36.5 Å². The number of hydrogen-bond donors (Lipinski definition) is 1. The summed E-state index contributed by atoms with van der Waals surface area (Å²) in [6.45, 7) is 0. The molecular formula is C12H14N2O2S3. The van der Waals surface area contributed by atoms with Gasteiger partial charge in [0, 0.05) is 18.1 Å². The van der Waals surface area contributed by atoms with Crippen molar-refractivity contribution in [2.45, 2.75) is 17.4 Å². The minimum Gasteiger partial charge on any atom is -0.329 e. The first kappa shape index (κ1) is 13.2. The van der Waals surface area contributed by atoms with E-state index in [0.29, 0.717) is 21.2 Å². The molecule has 0 radical (unpaired) electrons. The maximum Gasteiger partial charge on any atom is 0.178 e. The topological polar surface area (TPSA) is 54.9 Å². The van der Waals surface area contributed by atoms with Crippen molar-refractivity contribution in [3.05, 3.63) is 23.0 Å². The lowest BCUT2D eigenvalue weighted by Gasteiger charge is -2.11. The van der Waals surface area contributed by atoms with E-state index >= 15 is 0 Å². The van der Waals surface area contributed by atoms with Crippen LogP contribution in [0.1, 0.15) is 12.5 Å². The minimum atomic E-state index is -3.25. The van der Waals surface area contributed by atoms with Gasteiger partial charge in [0.1, 0.15) is 0 Å². The first-order valence-corrected chi connectivity index (χ1v) is 9.45. The molecule has 2 aromatic rings. The summed E-state index contributed by atoms with van der Waals surface area (Å²) in [5, 5.41) is 0. The molecule has 1 fully saturated rings. The van der Waals surface area contributed by atoms with Crippen molar-refractivity contribution in [2.24, 2.45) is 0 Å². The number of H-pyrrole nitrogens is 1. The van der Waals surface area contributed by atoms with Crippen LogP contribution in [0.5, 0.6) is 0 Å². The van der Waals surface area contributed by atoms with Gasteiger partial charge in [-0.15, -0.1) is 0 Å². The van der Waals surface area contributed by atoms with Crippen molar-refractivity contribution in [1.82, 2.24) is 9.55 Å². The number of nitrogens with one attached hydrogen (secondary N) is 1. The van der Waals surface area contributed by atoms with Crippen LogP contribution in [0.25, 0.3) is 11.0 Å². The number of para-hydroxylation sites is 1. The molecule has 1 aliphatic rings. The van der Waals surface area contributed by atoms with Gasteiger partial charge in [0.15, 0.2) is 14.6 Å². The van der Waals surface area contributed by atoms with Gasteiger partial charge in [-0.25, -0.2) is 8.42 Å². The number of aromatic nitrogens is 2. The average molecular weight is 314 g/mol. The summed E-state index contributed by atoms with van der Waals surface area (Å²) in [5.74, 6) is 2.16. The van der Waals surface area contributed by atoms with Crippen molar-refractivity contribution < 1.29 is 8.42 Å². The van der Waals surface area contributed by atoms with Crippen LogP contribution in [-0.2, 0) is 9.84 Å². The number of fused-ring (bicyclic) bond motifs is 1. The van der Waals surface area contributed by atoms with Crippen LogP contribution >= 0.6 is 24.0 Å². The molecule has 102 valence electrons. The quantitative estimate of drug-likeness (QED) is 0.866. The summed E-state index contributed by atoms with van der Waals surface area (Å²) >= 11 is 7.28. The summed E-state index contributed by atoms with van der Waals surface area (Å²) < 4.78 is 26.3. The number of thioether (sulfide) groups is 1. The maximum absolute atomic E-state index is 11.8. The molecule has 1 aromatic heterocycles. The number of imidazole rings is 1. The number of sulfone groups is 1. The lowest BCUT2D eigenvalue weighted by molar-refractivity contribution is 0.569. The third-order valence-corrected chi connectivity index (χ3v) is 5.97. The Hall–Kier alpha value is -0.790. The molecule has 0 aliphatic carbocycles. The molecule has 2 heterocycles. The second kappa shape index (κ2) is 4.64. The van der Waals surface area contributed by atoms with Gasteiger partial charge < -0.3 is 9.55 Å². The van der Waals surface area contributed by atoms with Crippen LogP contribution in [0.2, 0.25) is 0 Å². The Morgan fingerprint density at radius 3 is 2.89 bits per heavy atom. The first-order valence-electron chi connectivity index (χ1n) is 5.99. The number of hydrogen-bond acceptors (Lipinski definition) is 4. The zero-order valence-corrected chi connectivity index (χ0v) is 12.9. The third-order valence-electron chi connectivity index (χ3n) is 3.38. The molecular weight excluding hydrogens is 300 g/mol. The summed E-state index contributed by atoms with van der Waals surface area (Å²) in [7, 11) is -3.25. The number of nitrogens with zero attached hydrogens (tertiary/aromatic N) is 1. The summed E-state index contributed by atoms with van der Waals surface area (Å²) in [6.07, 6.45) is 2.30. The molecule has 7 heteroatoms. The summed E-state index contributed by atoms with van der Waals surface area (Å²) in [6, 6.07) is 5.69. The highest BCUT2D eigenvalue weighted by Crippen LogP contribution is 2.32. The lowest BCUT2D eigenvalue weighted by Crippen LogP contribution is -2.07. The van der Waals surface area contributed by atoms with E-state index in [4.69, 9.17) is 12.2 Å². The van der Waals surface area contributed by atoms with Crippen LogP contribution < -0.4 is 0 Å². The van der Waals surface area contributed by atoms with E-state index in [0.717, 1.165) is 23.4 Å². The fourth-order valence-electron chi connectivity index (χ4n) is 2.52. The van der Waals surface area contributed by atoms with Crippen molar-refractivity contribution >= 4 is 44.9 Å². The van der Waals surface area contributed by atoms with Crippen LogP contribution in [0, 0.1) is 4.77 Å². The Labute approximate surface area is 121 Å². The van der Waals surface area contributed by atoms with Gasteiger partial charge in [0.25, 0.3) is 0 Å². The Morgan fingerprint density at radius 1 is 1.47 bits per heavy atom. The van der Waals surface area contributed by atoms with E-state index in [1.807, 2.05) is 17.8 Å². The molecule has 1 aromatic carbocycles. The van der Waals surface area contributed by atoms with Crippen molar-refractivity contribution in [1.29, 1.82) is 0 Å². The summed E-state index contributed by atoms with van der Waals surface area (Å²) in [5.41, 5.74) is 1.52. The smallest absolute Gasteiger partial charge is 0.178 e. The highest BCUT2D eigenvalue weighted by atomic mass is 32.2. The zero-order valence-electron chi connectivity index (χ0n) is 10.4. The summed E-state index contributed by atoms with van der Waals surface area (Å²) in [4.78, 5) is 3.39. The van der Waals surface area contributed by atoms with Crippen molar-refractivity contribution in [3.63, 3.8) is 0 Å². The molecule has 3 rings (SSSR count). The van der Waals surface area contributed by atoms with E-state index in [1.54, 1.807) is 12.1 Å². The van der Waals surface area contributed by atoms with Gasteiger partial charge in [0.05, 0.1) is 15.9 Å². The molecule has 1 atom stereocenters. The van der Waals surface area contributed by atoms with Gasteiger partial charge in [-0.2, -0.15) is 11.8 Å². The van der Waals surface area contributed by atoms with E-state index in [-0.39, 0.29) is 0 Å². The SMILES string of the molecule is CS(=O)(=O)c1cccc2c1[nH]c(=S)n2C1CCSC1. The second-order valence-corrected chi connectivity index (χ2v) is 8.26. The molecule has 1 aliphatic heterocycles. The van der Waals surface area contributed by atoms with Crippen LogP contribution in [0.15, 0.2) is 23.1 Å².